The van der Waals surface area contributed by atoms with E-state index in [4.69, 9.17) is 15.3 Å². The third-order valence-corrected chi connectivity index (χ3v) is 1.87. The molecule has 0 spiro atoms. The summed E-state index contributed by atoms with van der Waals surface area (Å²) in [4.78, 5) is 21.6. The van der Waals surface area contributed by atoms with Gasteiger partial charge in [0.05, 0.1) is 6.54 Å². The topological polar surface area (TPSA) is 107 Å². The molecule has 0 radical (unpaired) electrons. The number of nitrogens with one attached hydrogen (secondary N) is 1. The molecule has 0 saturated heterocycles. The Hall–Kier alpha value is -2.08. The fourth-order valence-electron chi connectivity index (χ4n) is 0.992. The number of hydrogen-bond acceptors (Lipinski definition) is 4. The van der Waals surface area contributed by atoms with Gasteiger partial charge in [-0.3, -0.25) is 4.79 Å². The van der Waals surface area contributed by atoms with Crippen LogP contribution < -0.4 is 5.32 Å². The highest BCUT2D eigenvalue weighted by atomic mass is 16.4. The number of phenols is 1. The minimum Gasteiger partial charge on any atom is -0.508 e. The van der Waals surface area contributed by atoms with Crippen molar-refractivity contribution in [2.45, 2.75) is 6.10 Å². The van der Waals surface area contributed by atoms with Gasteiger partial charge in [-0.25, -0.2) is 4.79 Å². The van der Waals surface area contributed by atoms with Crippen LogP contribution in [0.5, 0.6) is 5.75 Å². The lowest BCUT2D eigenvalue weighted by Crippen LogP contribution is -2.36. The molecule has 0 aliphatic heterocycles. The number of carboxylic acid groups (broad SMARTS) is 1. The zero-order valence-corrected chi connectivity index (χ0v) is 8.25. The maximum atomic E-state index is 11.4. The molecule has 0 fully saturated rings. The zero-order valence-electron chi connectivity index (χ0n) is 8.25. The maximum Gasteiger partial charge on any atom is 0.334 e. The molecule has 86 valence electrons. The van der Waals surface area contributed by atoms with Crippen LogP contribution in [0.3, 0.4) is 0 Å². The summed E-state index contributed by atoms with van der Waals surface area (Å²) in [6.07, 6.45) is -1.62. The van der Waals surface area contributed by atoms with Gasteiger partial charge in [0.15, 0.2) is 6.10 Å². The van der Waals surface area contributed by atoms with E-state index in [1.54, 1.807) is 0 Å². The Kier molecular flexibility index (Phi) is 3.84. The molecular formula is C10H11NO5. The molecular weight excluding hydrogens is 214 g/mol. The van der Waals surface area contributed by atoms with Gasteiger partial charge in [-0.2, -0.15) is 0 Å². The minimum atomic E-state index is -1.62. The number of carboxylic acids is 1. The number of aliphatic hydroxyl groups excluding tert-OH is 1. The van der Waals surface area contributed by atoms with E-state index in [0.717, 1.165) is 0 Å². The molecule has 0 aliphatic carbocycles. The highest BCUT2D eigenvalue weighted by Crippen LogP contribution is 2.09. The molecule has 4 N–H and O–H groups in total. The number of benzene rings is 1. The van der Waals surface area contributed by atoms with Crippen molar-refractivity contribution in [1.82, 2.24) is 5.32 Å². The molecule has 1 amide bonds. The predicted octanol–water partition coefficient (Wildman–Crippen LogP) is -0.433. The molecule has 0 heterocycles. The third kappa shape index (κ3) is 3.25. The molecule has 0 bridgehead atoms. The summed E-state index contributed by atoms with van der Waals surface area (Å²) in [7, 11) is 0. The van der Waals surface area contributed by atoms with Crippen LogP contribution in [0.2, 0.25) is 0 Å². The Labute approximate surface area is 91.1 Å². The van der Waals surface area contributed by atoms with Crippen LogP contribution >= 0.6 is 0 Å². The van der Waals surface area contributed by atoms with E-state index < -0.39 is 18.0 Å². The highest BCUT2D eigenvalue weighted by Gasteiger charge is 2.14. The summed E-state index contributed by atoms with van der Waals surface area (Å²) in [5.74, 6) is -1.88. The van der Waals surface area contributed by atoms with Crippen molar-refractivity contribution in [1.29, 1.82) is 0 Å². The Morgan fingerprint density at radius 1 is 1.25 bits per heavy atom. The molecule has 16 heavy (non-hydrogen) atoms. The normalized spacial score (nSPS) is 11.8. The molecule has 0 aliphatic rings. The molecule has 6 nitrogen and oxygen atoms in total. The first kappa shape index (κ1) is 12.0. The van der Waals surface area contributed by atoms with Crippen LogP contribution in [0.1, 0.15) is 10.4 Å². The van der Waals surface area contributed by atoms with Gasteiger partial charge in [0, 0.05) is 5.56 Å². The van der Waals surface area contributed by atoms with Crippen LogP contribution in [0.4, 0.5) is 0 Å². The first-order chi connectivity index (χ1) is 7.50. The van der Waals surface area contributed by atoms with Gasteiger partial charge in [0.1, 0.15) is 5.75 Å². The minimum absolute atomic E-state index is 0.0297. The van der Waals surface area contributed by atoms with Gasteiger partial charge in [-0.1, -0.05) is 0 Å². The summed E-state index contributed by atoms with van der Waals surface area (Å²) in [5, 5.41) is 28.5. The van der Waals surface area contributed by atoms with Crippen molar-refractivity contribution in [2.75, 3.05) is 6.54 Å². The number of carbonyl (C=O) groups is 2. The summed E-state index contributed by atoms with van der Waals surface area (Å²) in [6.45, 7) is -0.366. The van der Waals surface area contributed by atoms with Crippen molar-refractivity contribution >= 4 is 11.9 Å². The van der Waals surface area contributed by atoms with Crippen molar-refractivity contribution in [3.05, 3.63) is 29.8 Å². The molecule has 1 aromatic carbocycles. The van der Waals surface area contributed by atoms with Gasteiger partial charge in [0.25, 0.3) is 5.91 Å². The first-order valence-corrected chi connectivity index (χ1v) is 4.49. The van der Waals surface area contributed by atoms with E-state index in [9.17, 15) is 9.59 Å². The fourth-order valence-corrected chi connectivity index (χ4v) is 0.992. The zero-order chi connectivity index (χ0) is 12.1. The number of hydrogen-bond donors (Lipinski definition) is 4. The second kappa shape index (κ2) is 5.13. The maximum absolute atomic E-state index is 11.4. The summed E-state index contributed by atoms with van der Waals surface area (Å²) >= 11 is 0. The molecule has 0 unspecified atom stereocenters. The van der Waals surface area contributed by atoms with E-state index >= 15 is 0 Å². The number of carbonyl (C=O) groups excluding carboxylic acids is 1. The van der Waals surface area contributed by atoms with Crippen LogP contribution in [-0.2, 0) is 4.79 Å². The standard InChI is InChI=1S/C10H11NO5/c12-7-3-1-6(2-4-7)9(14)11-5-8(13)10(15)16/h1-4,8,12-13H,5H2,(H,11,14)(H,15,16)/t8-/m0/s1. The molecule has 0 aromatic heterocycles. The lowest BCUT2D eigenvalue weighted by Gasteiger charge is -2.07. The van der Waals surface area contributed by atoms with Gasteiger partial charge >= 0.3 is 5.97 Å². The lowest BCUT2D eigenvalue weighted by molar-refractivity contribution is -0.146. The van der Waals surface area contributed by atoms with Crippen molar-refractivity contribution in [3.63, 3.8) is 0 Å². The average Bonchev–Trinajstić information content (AvgIpc) is 2.26. The van der Waals surface area contributed by atoms with Crippen molar-refractivity contribution in [3.8, 4) is 5.75 Å². The van der Waals surface area contributed by atoms with Gasteiger partial charge in [0.2, 0.25) is 0 Å². The highest BCUT2D eigenvalue weighted by molar-refractivity contribution is 5.94. The number of amides is 1. The molecule has 1 aromatic rings. The summed E-state index contributed by atoms with van der Waals surface area (Å²) in [6, 6.07) is 5.45. The Morgan fingerprint density at radius 2 is 1.81 bits per heavy atom. The summed E-state index contributed by atoms with van der Waals surface area (Å²) in [5.41, 5.74) is 0.274. The molecule has 0 saturated carbocycles. The Balaban J connectivity index is 2.53. The average molecular weight is 225 g/mol. The second-order valence-electron chi connectivity index (χ2n) is 3.11. The van der Waals surface area contributed by atoms with E-state index in [2.05, 4.69) is 5.32 Å². The summed E-state index contributed by atoms with van der Waals surface area (Å²) < 4.78 is 0. The van der Waals surface area contributed by atoms with Crippen LogP contribution in [0.25, 0.3) is 0 Å². The number of aliphatic carboxylic acids is 1. The van der Waals surface area contributed by atoms with E-state index in [-0.39, 0.29) is 17.9 Å². The van der Waals surface area contributed by atoms with E-state index in [1.165, 1.54) is 24.3 Å². The number of aliphatic hydroxyl groups is 1. The van der Waals surface area contributed by atoms with Gasteiger partial charge in [-0.15, -0.1) is 0 Å². The third-order valence-electron chi connectivity index (χ3n) is 1.87. The van der Waals surface area contributed by atoms with Gasteiger partial charge < -0.3 is 20.6 Å². The molecule has 6 heteroatoms. The second-order valence-corrected chi connectivity index (χ2v) is 3.11. The Bertz CT molecular complexity index is 387. The largest absolute Gasteiger partial charge is 0.508 e. The number of phenolic OH excluding ortho intramolecular Hbond substituents is 1. The monoisotopic (exact) mass is 225 g/mol. The van der Waals surface area contributed by atoms with E-state index in [1.807, 2.05) is 0 Å². The first-order valence-electron chi connectivity index (χ1n) is 4.49. The number of aromatic hydroxyl groups is 1. The van der Waals surface area contributed by atoms with Crippen molar-refractivity contribution in [2.24, 2.45) is 0 Å². The quantitative estimate of drug-likeness (QED) is 0.556. The predicted molar refractivity (Wildman–Crippen MR) is 54.1 cm³/mol. The Morgan fingerprint density at radius 3 is 2.31 bits per heavy atom. The SMILES string of the molecule is O=C(NC[C@H](O)C(=O)O)c1ccc(O)cc1. The molecule has 1 atom stereocenters. The molecule has 1 rings (SSSR count). The van der Waals surface area contributed by atoms with E-state index in [0.29, 0.717) is 0 Å². The van der Waals surface area contributed by atoms with Crippen LogP contribution in [0.15, 0.2) is 24.3 Å². The van der Waals surface area contributed by atoms with Crippen LogP contribution in [-0.4, -0.2) is 39.8 Å². The van der Waals surface area contributed by atoms with Crippen molar-refractivity contribution < 1.29 is 24.9 Å². The lowest BCUT2D eigenvalue weighted by atomic mass is 10.2. The van der Waals surface area contributed by atoms with Crippen LogP contribution in [0, 0.1) is 0 Å². The number of rotatable bonds is 4. The fraction of sp³-hybridized carbons (Fsp3) is 0.200. The van der Waals surface area contributed by atoms with Gasteiger partial charge in [-0.05, 0) is 24.3 Å². The smallest absolute Gasteiger partial charge is 0.334 e.